The summed E-state index contributed by atoms with van der Waals surface area (Å²) in [5, 5.41) is 0.242. The Labute approximate surface area is 76.0 Å². The van der Waals surface area contributed by atoms with Crippen LogP contribution in [0.2, 0.25) is 0 Å². The number of hydrogen-bond acceptors (Lipinski definition) is 0. The maximum absolute atomic E-state index is 12.4. The molecule has 0 saturated heterocycles. The maximum atomic E-state index is 12.4. The standard InChI is InChI=1S/C9H12BrF/c1-9(2,3)6-4-5-8(11)7-10/h5H,7H2,1-3H3. The van der Waals surface area contributed by atoms with Crippen molar-refractivity contribution in [1.29, 1.82) is 0 Å². The van der Waals surface area contributed by atoms with Crippen molar-refractivity contribution in [3.05, 3.63) is 11.9 Å². The van der Waals surface area contributed by atoms with Gasteiger partial charge in [-0.05, 0) is 20.8 Å². The quantitative estimate of drug-likeness (QED) is 0.469. The van der Waals surface area contributed by atoms with Crippen LogP contribution in [0.25, 0.3) is 0 Å². The van der Waals surface area contributed by atoms with Crippen LogP contribution in [-0.4, -0.2) is 5.33 Å². The number of alkyl halides is 1. The summed E-state index contributed by atoms with van der Waals surface area (Å²) in [4.78, 5) is 0. The van der Waals surface area contributed by atoms with Crippen molar-refractivity contribution in [1.82, 2.24) is 0 Å². The molecule has 0 N–H and O–H groups in total. The van der Waals surface area contributed by atoms with E-state index in [1.165, 1.54) is 6.08 Å². The molecule has 0 aromatic carbocycles. The SMILES string of the molecule is CC(C)(C)C#CC=C(F)CBr. The molecule has 0 fully saturated rings. The fourth-order valence-electron chi connectivity index (χ4n) is 0.369. The van der Waals surface area contributed by atoms with Crippen LogP contribution in [0.1, 0.15) is 20.8 Å². The Morgan fingerprint density at radius 2 is 2.09 bits per heavy atom. The average molecular weight is 219 g/mol. The first-order chi connectivity index (χ1) is 4.95. The molecule has 0 aromatic heterocycles. The van der Waals surface area contributed by atoms with E-state index in [4.69, 9.17) is 0 Å². The van der Waals surface area contributed by atoms with Gasteiger partial charge in [0.05, 0.1) is 5.33 Å². The van der Waals surface area contributed by atoms with Gasteiger partial charge in [-0.25, -0.2) is 4.39 Å². The van der Waals surface area contributed by atoms with E-state index < -0.39 is 0 Å². The molecule has 0 aromatic rings. The van der Waals surface area contributed by atoms with Gasteiger partial charge in [0.25, 0.3) is 0 Å². The van der Waals surface area contributed by atoms with Gasteiger partial charge in [-0.2, -0.15) is 0 Å². The molecule has 11 heavy (non-hydrogen) atoms. The topological polar surface area (TPSA) is 0 Å². The van der Waals surface area contributed by atoms with Crippen molar-refractivity contribution in [2.24, 2.45) is 5.41 Å². The Hall–Kier alpha value is -0.290. The highest BCUT2D eigenvalue weighted by Crippen LogP contribution is 2.10. The lowest BCUT2D eigenvalue weighted by Crippen LogP contribution is -1.98. The molecule has 0 aliphatic heterocycles. The third-order valence-electron chi connectivity index (χ3n) is 0.804. The Balaban J connectivity index is 4.11. The fourth-order valence-corrected chi connectivity index (χ4v) is 0.531. The summed E-state index contributed by atoms with van der Waals surface area (Å²) in [5.41, 5.74) is -0.0525. The molecular formula is C9H12BrF. The molecule has 0 amide bonds. The molecule has 0 saturated carbocycles. The monoisotopic (exact) mass is 218 g/mol. The highest BCUT2D eigenvalue weighted by atomic mass is 79.9. The summed E-state index contributed by atoms with van der Waals surface area (Å²) in [6.07, 6.45) is 1.29. The van der Waals surface area contributed by atoms with Crippen LogP contribution in [0.5, 0.6) is 0 Å². The zero-order valence-corrected chi connectivity index (χ0v) is 8.63. The summed E-state index contributed by atoms with van der Waals surface area (Å²) < 4.78 is 12.4. The van der Waals surface area contributed by atoms with Gasteiger partial charge in [-0.15, -0.1) is 0 Å². The molecule has 0 nitrogen and oxygen atoms in total. The summed E-state index contributed by atoms with van der Waals surface area (Å²) in [5.74, 6) is 5.32. The second-order valence-electron chi connectivity index (χ2n) is 3.24. The molecule has 0 bridgehead atoms. The maximum Gasteiger partial charge on any atom is 0.119 e. The molecule has 0 radical (unpaired) electrons. The molecule has 62 valence electrons. The summed E-state index contributed by atoms with van der Waals surface area (Å²) in [6, 6.07) is 0. The number of allylic oxidation sites excluding steroid dienone is 2. The molecular weight excluding hydrogens is 207 g/mol. The Morgan fingerprint density at radius 1 is 1.55 bits per heavy atom. The van der Waals surface area contributed by atoms with Crippen LogP contribution in [-0.2, 0) is 0 Å². The second kappa shape index (κ2) is 4.56. The Kier molecular flexibility index (Phi) is 4.44. The summed E-state index contributed by atoms with van der Waals surface area (Å²) in [7, 11) is 0. The van der Waals surface area contributed by atoms with E-state index in [9.17, 15) is 4.39 Å². The first kappa shape index (κ1) is 10.7. The van der Waals surface area contributed by atoms with Gasteiger partial charge in [0, 0.05) is 11.5 Å². The van der Waals surface area contributed by atoms with Crippen LogP contribution in [0.15, 0.2) is 11.9 Å². The summed E-state index contributed by atoms with van der Waals surface area (Å²) >= 11 is 2.98. The molecule has 2 heteroatoms. The van der Waals surface area contributed by atoms with Crippen LogP contribution < -0.4 is 0 Å². The van der Waals surface area contributed by atoms with Crippen LogP contribution in [0.3, 0.4) is 0 Å². The smallest absolute Gasteiger partial charge is 0.119 e. The van der Waals surface area contributed by atoms with Crippen molar-refractivity contribution in [3.63, 3.8) is 0 Å². The number of hydrogen-bond donors (Lipinski definition) is 0. The van der Waals surface area contributed by atoms with Gasteiger partial charge < -0.3 is 0 Å². The van der Waals surface area contributed by atoms with Gasteiger partial charge >= 0.3 is 0 Å². The van der Waals surface area contributed by atoms with E-state index in [0.29, 0.717) is 0 Å². The van der Waals surface area contributed by atoms with Crippen LogP contribution >= 0.6 is 15.9 Å². The predicted octanol–water partition coefficient (Wildman–Crippen LogP) is 3.28. The third-order valence-corrected chi connectivity index (χ3v) is 1.34. The summed E-state index contributed by atoms with van der Waals surface area (Å²) in [6.45, 7) is 5.96. The Bertz CT molecular complexity index is 200. The van der Waals surface area contributed by atoms with Crippen molar-refractivity contribution in [2.75, 3.05) is 5.33 Å². The van der Waals surface area contributed by atoms with Gasteiger partial charge in [-0.3, -0.25) is 0 Å². The highest BCUT2D eigenvalue weighted by Gasteiger charge is 2.02. The van der Waals surface area contributed by atoms with E-state index in [-0.39, 0.29) is 16.6 Å². The lowest BCUT2D eigenvalue weighted by molar-refractivity contribution is 0.571. The van der Waals surface area contributed by atoms with E-state index >= 15 is 0 Å². The highest BCUT2D eigenvalue weighted by molar-refractivity contribution is 9.09. The third kappa shape index (κ3) is 7.61. The van der Waals surface area contributed by atoms with Crippen LogP contribution in [0.4, 0.5) is 4.39 Å². The molecule has 0 heterocycles. The average Bonchev–Trinajstić information content (AvgIpc) is 1.85. The van der Waals surface area contributed by atoms with E-state index in [1.54, 1.807) is 0 Å². The minimum Gasteiger partial charge on any atom is -0.210 e. The van der Waals surface area contributed by atoms with Crippen molar-refractivity contribution in [3.8, 4) is 11.8 Å². The first-order valence-electron chi connectivity index (χ1n) is 3.39. The lowest BCUT2D eigenvalue weighted by Gasteiger charge is -2.05. The largest absolute Gasteiger partial charge is 0.210 e. The van der Waals surface area contributed by atoms with Crippen LogP contribution in [0, 0.1) is 17.3 Å². The molecule has 0 rings (SSSR count). The lowest BCUT2D eigenvalue weighted by atomic mass is 9.98. The molecule has 0 atom stereocenters. The normalized spacial score (nSPS) is 12.3. The molecule has 0 aliphatic carbocycles. The van der Waals surface area contributed by atoms with E-state index in [2.05, 4.69) is 27.8 Å². The van der Waals surface area contributed by atoms with Gasteiger partial charge in [0.2, 0.25) is 0 Å². The van der Waals surface area contributed by atoms with Gasteiger partial charge in [0.15, 0.2) is 0 Å². The van der Waals surface area contributed by atoms with Crippen molar-refractivity contribution < 1.29 is 4.39 Å². The molecule has 0 aliphatic rings. The van der Waals surface area contributed by atoms with Gasteiger partial charge in [-0.1, -0.05) is 27.8 Å². The zero-order valence-electron chi connectivity index (χ0n) is 7.04. The predicted molar refractivity (Wildman–Crippen MR) is 50.2 cm³/mol. The Morgan fingerprint density at radius 3 is 2.45 bits per heavy atom. The van der Waals surface area contributed by atoms with Crippen molar-refractivity contribution in [2.45, 2.75) is 20.8 Å². The number of halogens is 2. The molecule has 0 unspecified atom stereocenters. The number of rotatable bonds is 1. The van der Waals surface area contributed by atoms with E-state index in [1.807, 2.05) is 20.8 Å². The zero-order chi connectivity index (χ0) is 8.91. The minimum absolute atomic E-state index is 0.0525. The van der Waals surface area contributed by atoms with Crippen molar-refractivity contribution >= 4 is 15.9 Å². The second-order valence-corrected chi connectivity index (χ2v) is 3.80. The van der Waals surface area contributed by atoms with Gasteiger partial charge in [0.1, 0.15) is 5.83 Å². The minimum atomic E-state index is -0.234. The first-order valence-corrected chi connectivity index (χ1v) is 4.51. The fraction of sp³-hybridized carbons (Fsp3) is 0.556. The van der Waals surface area contributed by atoms with E-state index in [0.717, 1.165) is 0 Å². The molecule has 0 spiro atoms.